The van der Waals surface area contributed by atoms with Crippen LogP contribution in [-0.4, -0.2) is 56.9 Å². The number of rotatable bonds is 8. The lowest BCUT2D eigenvalue weighted by molar-refractivity contribution is 0.0529. The third-order valence-electron chi connectivity index (χ3n) is 5.32. The van der Waals surface area contributed by atoms with Gasteiger partial charge in [-0.15, -0.1) is 24.0 Å². The highest BCUT2D eigenvalue weighted by molar-refractivity contribution is 14.0. The second kappa shape index (κ2) is 13.5. The van der Waals surface area contributed by atoms with Gasteiger partial charge in [-0.3, -0.25) is 0 Å². The fourth-order valence-electron chi connectivity index (χ4n) is 3.58. The van der Waals surface area contributed by atoms with Crippen molar-refractivity contribution in [2.75, 3.05) is 44.8 Å². The normalized spacial score (nSPS) is 16.3. The van der Waals surface area contributed by atoms with Crippen molar-refractivity contribution in [2.45, 2.75) is 39.8 Å². The van der Waals surface area contributed by atoms with Gasteiger partial charge in [0.25, 0.3) is 0 Å². The summed E-state index contributed by atoms with van der Waals surface area (Å²) in [6.45, 7) is 10.9. The first-order valence-electron chi connectivity index (χ1n) is 11.1. The molecule has 7 nitrogen and oxygen atoms in total. The number of aromatic nitrogens is 1. The number of benzene rings is 1. The van der Waals surface area contributed by atoms with E-state index in [2.05, 4.69) is 71.6 Å². The minimum absolute atomic E-state index is 0. The molecule has 1 aliphatic heterocycles. The summed E-state index contributed by atoms with van der Waals surface area (Å²) in [5, 5.41) is 6.73. The summed E-state index contributed by atoms with van der Waals surface area (Å²) < 4.78 is 11.0. The van der Waals surface area contributed by atoms with Crippen LogP contribution in [0.3, 0.4) is 0 Å². The number of aryl methyl sites for hydroxylation is 1. The molecule has 0 spiro atoms. The summed E-state index contributed by atoms with van der Waals surface area (Å²) in [6.07, 6.45) is 3.06. The molecular formula is C24H36IN5O2. The predicted molar refractivity (Wildman–Crippen MR) is 142 cm³/mol. The predicted octanol–water partition coefficient (Wildman–Crippen LogP) is 3.54. The molecule has 3 rings (SSSR count). The fraction of sp³-hybridized carbons (Fsp3) is 0.500. The number of morpholine rings is 1. The first kappa shape index (κ1) is 26.2. The highest BCUT2D eigenvalue weighted by atomic mass is 127. The van der Waals surface area contributed by atoms with Crippen LogP contribution in [0.2, 0.25) is 0 Å². The number of guanidine groups is 1. The Hall–Kier alpha value is -2.07. The van der Waals surface area contributed by atoms with Gasteiger partial charge >= 0.3 is 0 Å². The van der Waals surface area contributed by atoms with Crippen LogP contribution >= 0.6 is 24.0 Å². The van der Waals surface area contributed by atoms with E-state index in [0.717, 1.165) is 67.9 Å². The molecule has 1 saturated heterocycles. The highest BCUT2D eigenvalue weighted by Crippen LogP contribution is 2.19. The molecule has 1 aliphatic rings. The van der Waals surface area contributed by atoms with Crippen LogP contribution in [0.1, 0.15) is 30.5 Å². The molecule has 1 aromatic heterocycles. The van der Waals surface area contributed by atoms with Crippen LogP contribution in [0, 0.1) is 6.92 Å². The third-order valence-corrected chi connectivity index (χ3v) is 5.32. The number of methoxy groups -OCH3 is 1. The molecule has 176 valence electrons. The molecule has 0 radical (unpaired) electrons. The Morgan fingerprint density at radius 1 is 1.25 bits per heavy atom. The SMILES string of the molecule is CCNC(=NCc1ccc(N2CCOC(C)C2)nc1)NCCc1ccc(C)c(OC)c1.I. The lowest BCUT2D eigenvalue weighted by Crippen LogP contribution is -2.41. The van der Waals surface area contributed by atoms with Crippen LogP contribution in [0.4, 0.5) is 5.82 Å². The average molecular weight is 553 g/mol. The Labute approximate surface area is 209 Å². The van der Waals surface area contributed by atoms with Gasteiger partial charge in [-0.1, -0.05) is 18.2 Å². The van der Waals surface area contributed by atoms with Crippen molar-refractivity contribution in [1.82, 2.24) is 15.6 Å². The zero-order chi connectivity index (χ0) is 22.1. The van der Waals surface area contributed by atoms with E-state index in [1.165, 1.54) is 5.56 Å². The van der Waals surface area contributed by atoms with E-state index >= 15 is 0 Å². The molecule has 0 bridgehead atoms. The molecule has 2 aromatic rings. The number of pyridine rings is 1. The summed E-state index contributed by atoms with van der Waals surface area (Å²) in [5.41, 5.74) is 3.48. The van der Waals surface area contributed by atoms with E-state index < -0.39 is 0 Å². The highest BCUT2D eigenvalue weighted by Gasteiger charge is 2.17. The van der Waals surface area contributed by atoms with Crippen molar-refractivity contribution in [1.29, 1.82) is 0 Å². The smallest absolute Gasteiger partial charge is 0.191 e. The first-order valence-corrected chi connectivity index (χ1v) is 11.1. The number of hydrogen-bond acceptors (Lipinski definition) is 5. The maximum Gasteiger partial charge on any atom is 0.191 e. The van der Waals surface area contributed by atoms with E-state index in [1.54, 1.807) is 7.11 Å². The van der Waals surface area contributed by atoms with Crippen LogP contribution in [0.5, 0.6) is 5.75 Å². The van der Waals surface area contributed by atoms with E-state index in [4.69, 9.17) is 14.5 Å². The van der Waals surface area contributed by atoms with Crippen LogP contribution in [0.25, 0.3) is 0 Å². The molecule has 2 heterocycles. The van der Waals surface area contributed by atoms with Crippen molar-refractivity contribution in [2.24, 2.45) is 4.99 Å². The lowest BCUT2D eigenvalue weighted by atomic mass is 10.1. The molecule has 1 unspecified atom stereocenters. The van der Waals surface area contributed by atoms with Gasteiger partial charge in [0.2, 0.25) is 0 Å². The summed E-state index contributed by atoms with van der Waals surface area (Å²) >= 11 is 0. The molecule has 0 saturated carbocycles. The number of nitrogens with zero attached hydrogens (tertiary/aromatic N) is 3. The monoisotopic (exact) mass is 553 g/mol. The maximum atomic E-state index is 5.61. The zero-order valence-corrected chi connectivity index (χ0v) is 21.9. The summed E-state index contributed by atoms with van der Waals surface area (Å²) in [5.74, 6) is 2.75. The van der Waals surface area contributed by atoms with Gasteiger partial charge in [0.1, 0.15) is 11.6 Å². The minimum atomic E-state index is 0. The topological polar surface area (TPSA) is 71.0 Å². The van der Waals surface area contributed by atoms with Crippen molar-refractivity contribution in [3.63, 3.8) is 0 Å². The number of hydrogen-bond donors (Lipinski definition) is 2. The molecule has 1 aromatic carbocycles. The van der Waals surface area contributed by atoms with Crippen LogP contribution in [-0.2, 0) is 17.7 Å². The number of ether oxygens (including phenoxy) is 2. The molecule has 0 amide bonds. The second-order valence-corrected chi connectivity index (χ2v) is 7.83. The van der Waals surface area contributed by atoms with Gasteiger partial charge in [-0.2, -0.15) is 0 Å². The number of nitrogens with one attached hydrogen (secondary N) is 2. The Morgan fingerprint density at radius 3 is 2.75 bits per heavy atom. The van der Waals surface area contributed by atoms with Gasteiger partial charge in [-0.05, 0) is 56.0 Å². The molecular weight excluding hydrogens is 517 g/mol. The molecule has 2 N–H and O–H groups in total. The number of halogens is 1. The summed E-state index contributed by atoms with van der Waals surface area (Å²) in [4.78, 5) is 11.6. The zero-order valence-electron chi connectivity index (χ0n) is 19.6. The molecule has 8 heteroatoms. The van der Waals surface area contributed by atoms with E-state index in [9.17, 15) is 0 Å². The quantitative estimate of drug-likeness (QED) is 0.296. The fourth-order valence-corrected chi connectivity index (χ4v) is 3.58. The van der Waals surface area contributed by atoms with Gasteiger partial charge in [0.15, 0.2) is 5.96 Å². The third kappa shape index (κ3) is 7.81. The van der Waals surface area contributed by atoms with Crippen LogP contribution in [0.15, 0.2) is 41.5 Å². The molecule has 0 aliphatic carbocycles. The second-order valence-electron chi connectivity index (χ2n) is 7.83. The molecule has 1 fully saturated rings. The van der Waals surface area contributed by atoms with E-state index in [-0.39, 0.29) is 30.1 Å². The minimum Gasteiger partial charge on any atom is -0.496 e. The standard InChI is InChI=1S/C24H35N5O2.HI/c1-5-25-24(26-11-10-20-7-6-18(2)22(14-20)30-4)28-16-21-8-9-23(27-15-21)29-12-13-31-19(3)17-29;/h6-9,14-15,19H,5,10-13,16-17H2,1-4H3,(H2,25,26,28);1H. The Kier molecular flexibility index (Phi) is 11.0. The van der Waals surface area contributed by atoms with Crippen molar-refractivity contribution in [3.05, 3.63) is 53.2 Å². The van der Waals surface area contributed by atoms with Crippen LogP contribution < -0.4 is 20.3 Å². The van der Waals surface area contributed by atoms with E-state index in [0.29, 0.717) is 6.54 Å². The Bertz CT molecular complexity index is 860. The van der Waals surface area contributed by atoms with Gasteiger partial charge in [0.05, 0.1) is 26.4 Å². The number of aliphatic imine (C=N–C) groups is 1. The molecule has 1 atom stereocenters. The van der Waals surface area contributed by atoms with Gasteiger partial charge in [-0.25, -0.2) is 9.98 Å². The summed E-state index contributed by atoms with van der Waals surface area (Å²) in [7, 11) is 1.71. The maximum absolute atomic E-state index is 5.61. The lowest BCUT2D eigenvalue weighted by Gasteiger charge is -2.32. The Balaban J connectivity index is 0.00000363. The largest absolute Gasteiger partial charge is 0.496 e. The van der Waals surface area contributed by atoms with Crippen molar-refractivity contribution < 1.29 is 9.47 Å². The van der Waals surface area contributed by atoms with E-state index in [1.807, 2.05) is 6.20 Å². The average Bonchev–Trinajstić information content (AvgIpc) is 2.79. The molecule has 32 heavy (non-hydrogen) atoms. The van der Waals surface area contributed by atoms with Crippen molar-refractivity contribution in [3.8, 4) is 5.75 Å². The number of anilines is 1. The Morgan fingerprint density at radius 2 is 2.06 bits per heavy atom. The van der Waals surface area contributed by atoms with Gasteiger partial charge in [0, 0.05) is 32.4 Å². The first-order chi connectivity index (χ1) is 15.1. The summed E-state index contributed by atoms with van der Waals surface area (Å²) in [6, 6.07) is 10.5. The van der Waals surface area contributed by atoms with Crippen molar-refractivity contribution >= 4 is 35.8 Å². The van der Waals surface area contributed by atoms with Gasteiger partial charge < -0.3 is 25.0 Å².